The van der Waals surface area contributed by atoms with Gasteiger partial charge in [0.1, 0.15) is 11.4 Å². The Labute approximate surface area is 102 Å². The second-order valence-corrected chi connectivity index (χ2v) is 4.55. The van der Waals surface area contributed by atoms with Crippen LogP contribution >= 0.6 is 0 Å². The molecule has 0 aliphatic carbocycles. The van der Waals surface area contributed by atoms with Gasteiger partial charge in [-0.1, -0.05) is 30.3 Å². The summed E-state index contributed by atoms with van der Waals surface area (Å²) in [7, 11) is 0. The second-order valence-electron chi connectivity index (χ2n) is 4.55. The Balaban J connectivity index is 2.20. The van der Waals surface area contributed by atoms with Crippen molar-refractivity contribution in [2.24, 2.45) is 0 Å². The molecule has 2 heteroatoms. The van der Waals surface area contributed by atoms with Crippen LogP contribution in [0, 0.1) is 0 Å². The first-order valence-corrected chi connectivity index (χ1v) is 5.68. The zero-order valence-electron chi connectivity index (χ0n) is 10.2. The van der Waals surface area contributed by atoms with Crippen molar-refractivity contribution in [1.29, 1.82) is 0 Å². The van der Waals surface area contributed by atoms with Gasteiger partial charge >= 0.3 is 0 Å². The molecule has 2 N–H and O–H groups in total. The molecule has 0 aliphatic rings. The Hall–Kier alpha value is -1.96. The fraction of sp³-hybridized carbons (Fsp3) is 0.200. The molecule has 0 atom stereocenters. The summed E-state index contributed by atoms with van der Waals surface area (Å²) in [6.45, 7) is 4.11. The lowest BCUT2D eigenvalue weighted by Crippen LogP contribution is -2.25. The van der Waals surface area contributed by atoms with Crippen molar-refractivity contribution >= 4 is 5.69 Å². The lowest BCUT2D eigenvalue weighted by molar-refractivity contribution is 0.109. The van der Waals surface area contributed by atoms with Gasteiger partial charge in [0, 0.05) is 5.69 Å². The molecule has 0 heterocycles. The average molecular weight is 227 g/mol. The molecule has 0 saturated heterocycles. The maximum Gasteiger partial charge on any atom is 0.128 e. The van der Waals surface area contributed by atoms with E-state index in [1.165, 1.54) is 0 Å². The summed E-state index contributed by atoms with van der Waals surface area (Å²) in [4.78, 5) is 0. The summed E-state index contributed by atoms with van der Waals surface area (Å²) in [5.41, 5.74) is 7.19. The molecular weight excluding hydrogens is 210 g/mol. The Morgan fingerprint density at radius 1 is 0.882 bits per heavy atom. The van der Waals surface area contributed by atoms with E-state index in [2.05, 4.69) is 26.0 Å². The Kier molecular flexibility index (Phi) is 3.05. The van der Waals surface area contributed by atoms with E-state index in [1.54, 1.807) is 0 Å². The molecule has 0 spiro atoms. The van der Waals surface area contributed by atoms with Gasteiger partial charge < -0.3 is 10.5 Å². The van der Waals surface area contributed by atoms with Gasteiger partial charge in [-0.25, -0.2) is 0 Å². The highest BCUT2D eigenvalue weighted by Gasteiger charge is 2.21. The van der Waals surface area contributed by atoms with Crippen LogP contribution in [0.1, 0.15) is 19.4 Å². The molecule has 0 saturated carbocycles. The van der Waals surface area contributed by atoms with Gasteiger partial charge in [-0.3, -0.25) is 0 Å². The fourth-order valence-electron chi connectivity index (χ4n) is 1.73. The van der Waals surface area contributed by atoms with Crippen molar-refractivity contribution in [3.05, 3.63) is 60.2 Å². The molecule has 2 aromatic carbocycles. The summed E-state index contributed by atoms with van der Waals surface area (Å²) in [6.07, 6.45) is 0. The van der Waals surface area contributed by atoms with Crippen molar-refractivity contribution in [2.45, 2.75) is 19.4 Å². The van der Waals surface area contributed by atoms with Crippen LogP contribution in [-0.2, 0) is 5.60 Å². The molecule has 2 rings (SSSR count). The van der Waals surface area contributed by atoms with Gasteiger partial charge in [-0.15, -0.1) is 0 Å². The zero-order valence-corrected chi connectivity index (χ0v) is 10.2. The lowest BCUT2D eigenvalue weighted by atomic mass is 9.98. The Bertz CT molecular complexity index is 474. The van der Waals surface area contributed by atoms with Crippen LogP contribution in [0.15, 0.2) is 54.6 Å². The van der Waals surface area contributed by atoms with Crippen molar-refractivity contribution in [3.8, 4) is 5.75 Å². The van der Waals surface area contributed by atoms with Crippen LogP contribution in [0.25, 0.3) is 0 Å². The first-order valence-electron chi connectivity index (χ1n) is 5.68. The summed E-state index contributed by atoms with van der Waals surface area (Å²) in [5, 5.41) is 0. The summed E-state index contributed by atoms with van der Waals surface area (Å²) >= 11 is 0. The molecule has 0 unspecified atom stereocenters. The molecule has 0 aromatic heterocycles. The average Bonchev–Trinajstić information content (AvgIpc) is 2.33. The van der Waals surface area contributed by atoms with E-state index in [1.807, 2.05) is 42.5 Å². The minimum Gasteiger partial charge on any atom is -0.483 e. The number of hydrogen-bond donors (Lipinski definition) is 1. The quantitative estimate of drug-likeness (QED) is 0.813. The van der Waals surface area contributed by atoms with Crippen LogP contribution in [0.5, 0.6) is 5.75 Å². The molecule has 2 aromatic rings. The molecular formula is C15H17NO. The van der Waals surface area contributed by atoms with Crippen molar-refractivity contribution in [3.63, 3.8) is 0 Å². The fourth-order valence-corrected chi connectivity index (χ4v) is 1.73. The number of nitrogens with two attached hydrogens (primary N) is 1. The zero-order chi connectivity index (χ0) is 12.3. The molecule has 17 heavy (non-hydrogen) atoms. The van der Waals surface area contributed by atoms with Crippen LogP contribution in [0.2, 0.25) is 0 Å². The number of anilines is 1. The molecule has 88 valence electrons. The third kappa shape index (κ3) is 2.78. The van der Waals surface area contributed by atoms with E-state index >= 15 is 0 Å². The Morgan fingerprint density at radius 2 is 1.47 bits per heavy atom. The molecule has 0 aliphatic heterocycles. The van der Waals surface area contributed by atoms with Gasteiger partial charge in [0.2, 0.25) is 0 Å². The van der Waals surface area contributed by atoms with Crippen LogP contribution < -0.4 is 10.5 Å². The summed E-state index contributed by atoms with van der Waals surface area (Å²) in [5.74, 6) is 0.827. The van der Waals surface area contributed by atoms with E-state index in [0.29, 0.717) is 0 Å². The van der Waals surface area contributed by atoms with E-state index in [-0.39, 0.29) is 5.60 Å². The predicted molar refractivity (Wildman–Crippen MR) is 71.0 cm³/mol. The Morgan fingerprint density at radius 3 is 2.06 bits per heavy atom. The molecule has 0 bridgehead atoms. The molecule has 2 nitrogen and oxygen atoms in total. The second kappa shape index (κ2) is 4.50. The number of rotatable bonds is 3. The van der Waals surface area contributed by atoms with E-state index < -0.39 is 0 Å². The standard InChI is InChI=1S/C15H17NO/c1-15(2,12-6-4-3-5-7-12)17-14-10-8-13(16)9-11-14/h3-11H,16H2,1-2H3. The SMILES string of the molecule is CC(C)(Oc1ccc(N)cc1)c1ccccc1. The first kappa shape index (κ1) is 11.5. The number of nitrogen functional groups attached to an aromatic ring is 1. The molecule has 0 fully saturated rings. The lowest BCUT2D eigenvalue weighted by Gasteiger charge is -2.27. The maximum absolute atomic E-state index is 5.99. The number of benzene rings is 2. The minimum atomic E-state index is -0.350. The maximum atomic E-state index is 5.99. The number of ether oxygens (including phenoxy) is 1. The van der Waals surface area contributed by atoms with Crippen LogP contribution in [0.4, 0.5) is 5.69 Å². The van der Waals surface area contributed by atoms with Gasteiger partial charge in [0.05, 0.1) is 0 Å². The normalized spacial score (nSPS) is 11.2. The largest absolute Gasteiger partial charge is 0.483 e. The highest BCUT2D eigenvalue weighted by atomic mass is 16.5. The first-order chi connectivity index (χ1) is 8.08. The highest BCUT2D eigenvalue weighted by molar-refractivity contribution is 5.42. The molecule has 0 radical (unpaired) electrons. The van der Waals surface area contributed by atoms with E-state index in [0.717, 1.165) is 17.0 Å². The molecule has 0 amide bonds. The summed E-state index contributed by atoms with van der Waals surface area (Å²) < 4.78 is 5.99. The minimum absolute atomic E-state index is 0.350. The van der Waals surface area contributed by atoms with Gasteiger partial charge in [0.25, 0.3) is 0 Å². The topological polar surface area (TPSA) is 35.2 Å². The van der Waals surface area contributed by atoms with E-state index in [9.17, 15) is 0 Å². The van der Waals surface area contributed by atoms with Crippen LogP contribution in [0.3, 0.4) is 0 Å². The van der Waals surface area contributed by atoms with Crippen molar-refractivity contribution in [2.75, 3.05) is 5.73 Å². The van der Waals surface area contributed by atoms with Crippen molar-refractivity contribution < 1.29 is 4.74 Å². The highest BCUT2D eigenvalue weighted by Crippen LogP contribution is 2.27. The number of hydrogen-bond acceptors (Lipinski definition) is 2. The van der Waals surface area contributed by atoms with Gasteiger partial charge in [-0.2, -0.15) is 0 Å². The summed E-state index contributed by atoms with van der Waals surface area (Å²) in [6, 6.07) is 17.6. The predicted octanol–water partition coefficient (Wildman–Crippen LogP) is 3.58. The third-order valence-electron chi connectivity index (χ3n) is 2.72. The monoisotopic (exact) mass is 227 g/mol. The smallest absolute Gasteiger partial charge is 0.128 e. The van der Waals surface area contributed by atoms with E-state index in [4.69, 9.17) is 10.5 Å². The van der Waals surface area contributed by atoms with Gasteiger partial charge in [0.15, 0.2) is 0 Å². The van der Waals surface area contributed by atoms with Crippen LogP contribution in [-0.4, -0.2) is 0 Å². The van der Waals surface area contributed by atoms with Crippen molar-refractivity contribution in [1.82, 2.24) is 0 Å². The van der Waals surface area contributed by atoms with Gasteiger partial charge in [-0.05, 0) is 43.7 Å². The third-order valence-corrected chi connectivity index (χ3v) is 2.72.